The van der Waals surface area contributed by atoms with Gasteiger partial charge in [0.1, 0.15) is 5.82 Å². The Labute approximate surface area is 125 Å². The van der Waals surface area contributed by atoms with Crippen molar-refractivity contribution in [1.29, 1.82) is 0 Å². The third-order valence-corrected chi connectivity index (χ3v) is 4.25. The number of nitrogens with zero attached hydrogens (tertiary/aromatic N) is 2. The molecule has 0 aliphatic rings. The van der Waals surface area contributed by atoms with Gasteiger partial charge in [0.15, 0.2) is 0 Å². The molecule has 0 unspecified atom stereocenters. The lowest BCUT2D eigenvalue weighted by molar-refractivity contribution is 0.526. The van der Waals surface area contributed by atoms with Gasteiger partial charge in [-0.15, -0.1) is 0 Å². The summed E-state index contributed by atoms with van der Waals surface area (Å²) in [6.45, 7) is 0.686. The van der Waals surface area contributed by atoms with Crippen LogP contribution in [0.4, 0.5) is 11.5 Å². The van der Waals surface area contributed by atoms with E-state index < -0.39 is 10.2 Å². The van der Waals surface area contributed by atoms with Gasteiger partial charge in [0.05, 0.1) is 11.9 Å². The van der Waals surface area contributed by atoms with Gasteiger partial charge in [-0.05, 0) is 17.7 Å². The van der Waals surface area contributed by atoms with Crippen LogP contribution in [0.2, 0.25) is 0 Å². The fraction of sp³-hybridized carbons (Fsp3) is 0.214. The minimum atomic E-state index is -3.52. The maximum Gasteiger partial charge on any atom is 0.302 e. The van der Waals surface area contributed by atoms with Crippen molar-refractivity contribution in [3.8, 4) is 0 Å². The van der Waals surface area contributed by atoms with Crippen LogP contribution in [0.15, 0.2) is 48.7 Å². The van der Waals surface area contributed by atoms with E-state index in [2.05, 4.69) is 15.0 Å². The first-order valence-electron chi connectivity index (χ1n) is 6.41. The molecule has 1 aromatic carbocycles. The second-order valence-corrected chi connectivity index (χ2v) is 6.55. The Morgan fingerprint density at radius 2 is 1.81 bits per heavy atom. The number of aromatic nitrogens is 1. The van der Waals surface area contributed by atoms with Crippen LogP contribution in [-0.2, 0) is 16.8 Å². The van der Waals surface area contributed by atoms with Crippen LogP contribution in [0.3, 0.4) is 0 Å². The Bertz CT molecular complexity index is 670. The Hall–Kier alpha value is -2.12. The fourth-order valence-corrected chi connectivity index (χ4v) is 2.15. The molecule has 1 aromatic heterocycles. The van der Waals surface area contributed by atoms with Gasteiger partial charge in [0, 0.05) is 20.6 Å². The minimum absolute atomic E-state index is 0.286. The van der Waals surface area contributed by atoms with Crippen LogP contribution in [-0.4, -0.2) is 31.8 Å². The van der Waals surface area contributed by atoms with E-state index in [1.807, 2.05) is 30.3 Å². The summed E-state index contributed by atoms with van der Waals surface area (Å²) in [5, 5.41) is 3.22. The highest BCUT2D eigenvalue weighted by atomic mass is 32.2. The fourth-order valence-electron chi connectivity index (χ4n) is 1.58. The van der Waals surface area contributed by atoms with Crippen molar-refractivity contribution in [1.82, 2.24) is 9.29 Å². The van der Waals surface area contributed by atoms with Crippen LogP contribution >= 0.6 is 0 Å². The lowest BCUT2D eigenvalue weighted by Gasteiger charge is -2.13. The van der Waals surface area contributed by atoms with Crippen molar-refractivity contribution in [2.24, 2.45) is 0 Å². The third-order valence-electron chi connectivity index (χ3n) is 2.82. The van der Waals surface area contributed by atoms with Crippen LogP contribution in [0, 0.1) is 0 Å². The zero-order valence-corrected chi connectivity index (χ0v) is 12.8. The minimum Gasteiger partial charge on any atom is -0.380 e. The van der Waals surface area contributed by atoms with Crippen molar-refractivity contribution in [3.05, 3.63) is 54.2 Å². The van der Waals surface area contributed by atoms with Crippen molar-refractivity contribution in [2.75, 3.05) is 24.1 Å². The van der Waals surface area contributed by atoms with E-state index >= 15 is 0 Å². The predicted octanol–water partition coefficient (Wildman–Crippen LogP) is 1.91. The quantitative estimate of drug-likeness (QED) is 0.855. The van der Waals surface area contributed by atoms with Crippen molar-refractivity contribution < 1.29 is 8.42 Å². The molecule has 7 heteroatoms. The number of nitrogens with one attached hydrogen (secondary N) is 2. The molecule has 0 saturated carbocycles. The average Bonchev–Trinajstić information content (AvgIpc) is 2.47. The molecule has 21 heavy (non-hydrogen) atoms. The highest BCUT2D eigenvalue weighted by Crippen LogP contribution is 2.12. The number of anilines is 2. The first-order chi connectivity index (χ1) is 9.97. The second-order valence-electron chi connectivity index (χ2n) is 4.66. The molecular weight excluding hydrogens is 288 g/mol. The summed E-state index contributed by atoms with van der Waals surface area (Å²) in [5.41, 5.74) is 1.99. The van der Waals surface area contributed by atoms with Crippen molar-refractivity contribution in [2.45, 2.75) is 6.54 Å². The lowest BCUT2D eigenvalue weighted by Crippen LogP contribution is -2.29. The molecule has 0 radical (unpaired) electrons. The second kappa shape index (κ2) is 6.55. The molecule has 0 atom stereocenters. The summed E-state index contributed by atoms with van der Waals surface area (Å²) >= 11 is 0. The van der Waals surface area contributed by atoms with Gasteiger partial charge in [0.2, 0.25) is 0 Å². The maximum absolute atomic E-state index is 11.7. The van der Waals surface area contributed by atoms with E-state index in [1.165, 1.54) is 14.1 Å². The molecule has 0 fully saturated rings. The van der Waals surface area contributed by atoms with Gasteiger partial charge < -0.3 is 5.32 Å². The first kappa shape index (κ1) is 15.3. The molecule has 0 aliphatic carbocycles. The molecule has 0 amide bonds. The zero-order chi connectivity index (χ0) is 15.3. The van der Waals surface area contributed by atoms with E-state index in [0.717, 1.165) is 15.6 Å². The summed E-state index contributed by atoms with van der Waals surface area (Å²) in [4.78, 5) is 4.08. The lowest BCUT2D eigenvalue weighted by atomic mass is 10.2. The molecule has 0 spiro atoms. The van der Waals surface area contributed by atoms with E-state index in [4.69, 9.17) is 0 Å². The van der Waals surface area contributed by atoms with Crippen LogP contribution < -0.4 is 10.0 Å². The van der Waals surface area contributed by atoms with Crippen LogP contribution in [0.1, 0.15) is 5.56 Å². The third kappa shape index (κ3) is 4.44. The van der Waals surface area contributed by atoms with Crippen LogP contribution in [0.25, 0.3) is 0 Å². The smallest absolute Gasteiger partial charge is 0.302 e. The maximum atomic E-state index is 11.7. The van der Waals surface area contributed by atoms with Gasteiger partial charge in [-0.3, -0.25) is 4.72 Å². The topological polar surface area (TPSA) is 74.3 Å². The van der Waals surface area contributed by atoms with Gasteiger partial charge >= 0.3 is 10.2 Å². The molecule has 2 rings (SSSR count). The number of benzene rings is 1. The molecule has 6 nitrogen and oxygen atoms in total. The number of rotatable bonds is 6. The van der Waals surface area contributed by atoms with Crippen molar-refractivity contribution in [3.63, 3.8) is 0 Å². The summed E-state index contributed by atoms with van der Waals surface area (Å²) in [6, 6.07) is 13.4. The SMILES string of the molecule is CN(C)S(=O)(=O)Nc1ccc(NCc2ccccc2)cn1. The normalized spacial score (nSPS) is 11.4. The highest BCUT2D eigenvalue weighted by molar-refractivity contribution is 7.90. The standard InChI is InChI=1S/C14H18N4O2S/c1-18(2)21(19,20)17-14-9-8-13(11-16-14)15-10-12-6-4-3-5-7-12/h3-9,11,15H,10H2,1-2H3,(H,16,17). The van der Waals surface area contributed by atoms with E-state index in [1.54, 1.807) is 18.3 Å². The number of hydrogen-bond donors (Lipinski definition) is 2. The molecule has 0 bridgehead atoms. The molecule has 2 N–H and O–H groups in total. The molecule has 0 saturated heterocycles. The highest BCUT2D eigenvalue weighted by Gasteiger charge is 2.13. The summed E-state index contributed by atoms with van der Waals surface area (Å²) < 4.78 is 26.8. The van der Waals surface area contributed by atoms with Crippen LogP contribution in [0.5, 0.6) is 0 Å². The Morgan fingerprint density at radius 3 is 2.38 bits per heavy atom. The molecule has 0 aliphatic heterocycles. The first-order valence-corrected chi connectivity index (χ1v) is 7.85. The van der Waals surface area contributed by atoms with E-state index in [-0.39, 0.29) is 5.82 Å². The summed E-state index contributed by atoms with van der Waals surface area (Å²) in [6.07, 6.45) is 1.59. The Morgan fingerprint density at radius 1 is 1.10 bits per heavy atom. The van der Waals surface area contributed by atoms with Gasteiger partial charge in [-0.2, -0.15) is 12.7 Å². The number of pyridine rings is 1. The largest absolute Gasteiger partial charge is 0.380 e. The summed E-state index contributed by atoms with van der Waals surface area (Å²) in [5.74, 6) is 0.286. The van der Waals surface area contributed by atoms with Crippen molar-refractivity contribution >= 4 is 21.7 Å². The predicted molar refractivity (Wildman–Crippen MR) is 84.2 cm³/mol. The monoisotopic (exact) mass is 306 g/mol. The molecular formula is C14H18N4O2S. The van der Waals surface area contributed by atoms with Gasteiger partial charge in [-0.25, -0.2) is 4.98 Å². The molecule has 1 heterocycles. The Kier molecular flexibility index (Phi) is 4.77. The summed E-state index contributed by atoms with van der Waals surface area (Å²) in [7, 11) is -0.606. The van der Waals surface area contributed by atoms with E-state index in [0.29, 0.717) is 6.54 Å². The molecule has 112 valence electrons. The van der Waals surface area contributed by atoms with Gasteiger partial charge in [0.25, 0.3) is 0 Å². The molecule has 2 aromatic rings. The number of hydrogen-bond acceptors (Lipinski definition) is 4. The van der Waals surface area contributed by atoms with Gasteiger partial charge in [-0.1, -0.05) is 30.3 Å². The van der Waals surface area contributed by atoms with E-state index in [9.17, 15) is 8.42 Å². The Balaban J connectivity index is 1.96. The average molecular weight is 306 g/mol. The zero-order valence-electron chi connectivity index (χ0n) is 11.9.